The van der Waals surface area contributed by atoms with E-state index >= 15 is 0 Å². The number of nitrogens with zero attached hydrogens (tertiary/aromatic N) is 3. The second-order valence-corrected chi connectivity index (χ2v) is 6.22. The number of fused-ring (bicyclic) bond motifs is 1. The van der Waals surface area contributed by atoms with Gasteiger partial charge in [0.15, 0.2) is 0 Å². The normalized spacial score (nSPS) is 30.9. The summed E-state index contributed by atoms with van der Waals surface area (Å²) < 4.78 is 0. The first kappa shape index (κ1) is 13.6. The lowest BCUT2D eigenvalue weighted by Gasteiger charge is -2.44. The zero-order chi connectivity index (χ0) is 14.1. The molecular weight excluding hydrogens is 254 g/mol. The molecule has 5 heteroatoms. The van der Waals surface area contributed by atoms with Crippen LogP contribution in [0.4, 0.5) is 0 Å². The second-order valence-electron chi connectivity index (χ2n) is 6.22. The topological polar surface area (TPSA) is 53.0 Å². The Balaban J connectivity index is 1.75. The summed E-state index contributed by atoms with van der Waals surface area (Å²) in [6.07, 6.45) is 8.21. The Labute approximate surface area is 120 Å². The third kappa shape index (κ3) is 2.45. The molecule has 3 aliphatic rings. The number of hydrogen-bond donors (Lipinski definition) is 0. The molecule has 2 heterocycles. The van der Waals surface area contributed by atoms with Crippen molar-refractivity contribution in [3.05, 3.63) is 0 Å². The molecule has 2 aliphatic heterocycles. The molecule has 0 aromatic heterocycles. The van der Waals surface area contributed by atoms with E-state index in [4.69, 9.17) is 0 Å². The van der Waals surface area contributed by atoms with E-state index in [1.165, 1.54) is 30.7 Å². The SMILES string of the molecule is CN1N=C(C(=O)N2CCC[C@@H]3CCCC[C@@H]32)CCC1=O. The molecule has 1 saturated carbocycles. The molecule has 0 unspecified atom stereocenters. The van der Waals surface area contributed by atoms with Crippen molar-refractivity contribution in [3.63, 3.8) is 0 Å². The Morgan fingerprint density at radius 3 is 2.70 bits per heavy atom. The molecule has 2 fully saturated rings. The van der Waals surface area contributed by atoms with E-state index in [0.717, 1.165) is 19.4 Å². The number of rotatable bonds is 1. The molecule has 5 nitrogen and oxygen atoms in total. The first-order chi connectivity index (χ1) is 9.66. The van der Waals surface area contributed by atoms with Gasteiger partial charge in [-0.2, -0.15) is 5.10 Å². The molecular formula is C15H23N3O2. The average molecular weight is 277 g/mol. The van der Waals surface area contributed by atoms with Crippen LogP contribution in [0.25, 0.3) is 0 Å². The summed E-state index contributed by atoms with van der Waals surface area (Å²) in [4.78, 5) is 26.2. The minimum Gasteiger partial charge on any atom is -0.334 e. The van der Waals surface area contributed by atoms with Crippen molar-refractivity contribution < 1.29 is 9.59 Å². The number of likely N-dealkylation sites (tertiary alicyclic amines) is 1. The molecule has 0 aromatic rings. The van der Waals surface area contributed by atoms with E-state index in [9.17, 15) is 9.59 Å². The largest absolute Gasteiger partial charge is 0.334 e. The van der Waals surface area contributed by atoms with Crippen molar-refractivity contribution in [2.24, 2.45) is 11.0 Å². The highest BCUT2D eigenvalue weighted by Gasteiger charge is 2.37. The van der Waals surface area contributed by atoms with Crippen LogP contribution in [0.2, 0.25) is 0 Å². The summed E-state index contributed by atoms with van der Waals surface area (Å²) in [7, 11) is 1.63. The third-order valence-corrected chi connectivity index (χ3v) is 4.96. The van der Waals surface area contributed by atoms with Gasteiger partial charge in [0.05, 0.1) is 0 Å². The second kappa shape index (κ2) is 5.54. The summed E-state index contributed by atoms with van der Waals surface area (Å²) in [5.74, 6) is 0.752. The van der Waals surface area contributed by atoms with Gasteiger partial charge in [0.1, 0.15) is 5.71 Å². The number of piperidine rings is 1. The molecule has 0 N–H and O–H groups in total. The van der Waals surface area contributed by atoms with Gasteiger partial charge in [-0.05, 0) is 31.6 Å². The summed E-state index contributed by atoms with van der Waals surface area (Å²) in [5, 5.41) is 5.50. The van der Waals surface area contributed by atoms with E-state index in [0.29, 0.717) is 30.5 Å². The quantitative estimate of drug-likeness (QED) is 0.733. The Morgan fingerprint density at radius 2 is 1.90 bits per heavy atom. The van der Waals surface area contributed by atoms with Crippen LogP contribution in [-0.4, -0.2) is 47.1 Å². The maximum atomic E-state index is 12.7. The Hall–Kier alpha value is -1.39. The highest BCUT2D eigenvalue weighted by Crippen LogP contribution is 2.35. The van der Waals surface area contributed by atoms with Gasteiger partial charge in [0.25, 0.3) is 5.91 Å². The fraction of sp³-hybridized carbons (Fsp3) is 0.800. The maximum absolute atomic E-state index is 12.7. The van der Waals surface area contributed by atoms with Gasteiger partial charge < -0.3 is 4.90 Å². The summed E-state index contributed by atoms with van der Waals surface area (Å²) >= 11 is 0. The minimum atomic E-state index is -0.00395. The fourth-order valence-corrected chi connectivity index (χ4v) is 3.87. The lowest BCUT2D eigenvalue weighted by atomic mass is 9.78. The average Bonchev–Trinajstić information content (AvgIpc) is 2.49. The molecule has 2 atom stereocenters. The van der Waals surface area contributed by atoms with Gasteiger partial charge in [0.2, 0.25) is 5.91 Å². The number of hydrazone groups is 1. The standard InChI is InChI=1S/C15H23N3O2/c1-17-14(19)9-8-12(16-17)15(20)18-10-4-6-11-5-2-3-7-13(11)18/h11,13H,2-10H2,1H3/t11-,13-/m0/s1. The molecule has 110 valence electrons. The highest BCUT2D eigenvalue weighted by atomic mass is 16.2. The Bertz CT molecular complexity index is 444. The number of hydrogen-bond acceptors (Lipinski definition) is 3. The molecule has 0 bridgehead atoms. The number of carbonyl (C=O) groups excluding carboxylic acids is 2. The molecule has 0 radical (unpaired) electrons. The fourth-order valence-electron chi connectivity index (χ4n) is 3.87. The number of carbonyl (C=O) groups is 2. The molecule has 20 heavy (non-hydrogen) atoms. The summed E-state index contributed by atoms with van der Waals surface area (Å²) in [5.41, 5.74) is 0.568. The molecule has 3 rings (SSSR count). The first-order valence-electron chi connectivity index (χ1n) is 7.82. The van der Waals surface area contributed by atoms with Crippen molar-refractivity contribution in [1.82, 2.24) is 9.91 Å². The van der Waals surface area contributed by atoms with Crippen molar-refractivity contribution >= 4 is 17.5 Å². The van der Waals surface area contributed by atoms with Crippen LogP contribution in [0.3, 0.4) is 0 Å². The smallest absolute Gasteiger partial charge is 0.270 e. The molecule has 1 saturated heterocycles. The van der Waals surface area contributed by atoms with Crippen LogP contribution in [-0.2, 0) is 9.59 Å². The third-order valence-electron chi connectivity index (χ3n) is 4.96. The zero-order valence-corrected chi connectivity index (χ0v) is 12.2. The van der Waals surface area contributed by atoms with Gasteiger partial charge in [-0.15, -0.1) is 0 Å². The van der Waals surface area contributed by atoms with Crippen LogP contribution < -0.4 is 0 Å². The van der Waals surface area contributed by atoms with Crippen LogP contribution in [0.15, 0.2) is 5.10 Å². The lowest BCUT2D eigenvalue weighted by molar-refractivity contribution is -0.132. The van der Waals surface area contributed by atoms with E-state index in [1.807, 2.05) is 0 Å². The summed E-state index contributed by atoms with van der Waals surface area (Å²) in [6, 6.07) is 0.413. The molecule has 2 amide bonds. The zero-order valence-electron chi connectivity index (χ0n) is 12.2. The van der Waals surface area contributed by atoms with Gasteiger partial charge in [-0.25, -0.2) is 5.01 Å². The first-order valence-corrected chi connectivity index (χ1v) is 7.82. The highest BCUT2D eigenvalue weighted by molar-refractivity contribution is 6.39. The van der Waals surface area contributed by atoms with Crippen LogP contribution >= 0.6 is 0 Å². The van der Waals surface area contributed by atoms with Crippen molar-refractivity contribution in [2.45, 2.75) is 57.4 Å². The van der Waals surface area contributed by atoms with Crippen LogP contribution in [0.1, 0.15) is 51.4 Å². The van der Waals surface area contributed by atoms with Gasteiger partial charge >= 0.3 is 0 Å². The Kier molecular flexibility index (Phi) is 3.76. The summed E-state index contributed by atoms with van der Waals surface area (Å²) in [6.45, 7) is 0.858. The number of amides is 2. The molecule has 0 aromatic carbocycles. The maximum Gasteiger partial charge on any atom is 0.270 e. The van der Waals surface area contributed by atoms with E-state index in [2.05, 4.69) is 10.0 Å². The van der Waals surface area contributed by atoms with Gasteiger partial charge in [-0.1, -0.05) is 12.8 Å². The predicted octanol–water partition coefficient (Wildman–Crippen LogP) is 1.78. The van der Waals surface area contributed by atoms with Crippen molar-refractivity contribution in [2.75, 3.05) is 13.6 Å². The van der Waals surface area contributed by atoms with Crippen LogP contribution in [0, 0.1) is 5.92 Å². The molecule has 0 spiro atoms. The van der Waals surface area contributed by atoms with Crippen molar-refractivity contribution in [1.29, 1.82) is 0 Å². The minimum absolute atomic E-state index is 0.00395. The monoisotopic (exact) mass is 277 g/mol. The lowest BCUT2D eigenvalue weighted by Crippen LogP contribution is -2.52. The van der Waals surface area contributed by atoms with Gasteiger partial charge in [-0.3, -0.25) is 9.59 Å². The molecule has 1 aliphatic carbocycles. The van der Waals surface area contributed by atoms with Crippen LogP contribution in [0.5, 0.6) is 0 Å². The van der Waals surface area contributed by atoms with Crippen molar-refractivity contribution in [3.8, 4) is 0 Å². The van der Waals surface area contributed by atoms with Gasteiger partial charge in [0, 0.05) is 32.5 Å². The Morgan fingerprint density at radius 1 is 1.15 bits per heavy atom. The van der Waals surface area contributed by atoms with E-state index in [-0.39, 0.29) is 11.8 Å². The van der Waals surface area contributed by atoms with E-state index in [1.54, 1.807) is 7.05 Å². The van der Waals surface area contributed by atoms with E-state index < -0.39 is 0 Å². The predicted molar refractivity (Wildman–Crippen MR) is 76.1 cm³/mol.